The van der Waals surface area contributed by atoms with Crippen LogP contribution in [0.4, 0.5) is 0 Å². The summed E-state index contributed by atoms with van der Waals surface area (Å²) in [6.45, 7) is 3.31. The van der Waals surface area contributed by atoms with Gasteiger partial charge in [-0.05, 0) is 19.3 Å². The Morgan fingerprint density at radius 2 is 2.07 bits per heavy atom. The van der Waals surface area contributed by atoms with Crippen LogP contribution in [0.25, 0.3) is 0 Å². The molecule has 2 rings (SSSR count). The van der Waals surface area contributed by atoms with Gasteiger partial charge in [-0.25, -0.2) is 0 Å². The van der Waals surface area contributed by atoms with Crippen LogP contribution in [0, 0.1) is 5.92 Å². The highest BCUT2D eigenvalue weighted by atomic mass is 35.5. The second-order valence-corrected chi connectivity index (χ2v) is 5.57. The van der Waals surface area contributed by atoms with Crippen LogP contribution in [-0.4, -0.2) is 38.2 Å². The van der Waals surface area contributed by atoms with Crippen molar-refractivity contribution in [2.75, 3.05) is 26.8 Å². The van der Waals surface area contributed by atoms with E-state index >= 15 is 0 Å². The van der Waals surface area contributed by atoms with Crippen LogP contribution < -0.4 is 4.90 Å². The lowest BCUT2D eigenvalue weighted by Gasteiger charge is -2.43. The third kappa shape index (κ3) is 2.66. The van der Waals surface area contributed by atoms with Gasteiger partial charge < -0.3 is 9.64 Å². The molecule has 0 radical (unpaired) electrons. The number of nitrogens with one attached hydrogen (secondary N) is 1. The molecule has 1 saturated carbocycles. The molecular formula is C12H23ClNO+. The van der Waals surface area contributed by atoms with Gasteiger partial charge in [0.1, 0.15) is 6.54 Å². The summed E-state index contributed by atoms with van der Waals surface area (Å²) >= 11 is 6.44. The Kier molecular flexibility index (Phi) is 4.30. The molecule has 0 bridgehead atoms. The molecule has 1 saturated heterocycles. The second kappa shape index (κ2) is 5.51. The molecule has 1 unspecified atom stereocenters. The number of fused-ring (bicyclic) bond motifs is 1. The molecule has 4 atom stereocenters. The van der Waals surface area contributed by atoms with E-state index in [0.29, 0.717) is 5.38 Å². The van der Waals surface area contributed by atoms with Crippen LogP contribution in [0.5, 0.6) is 0 Å². The largest absolute Gasteiger partial charge is 0.379 e. The zero-order valence-electron chi connectivity index (χ0n) is 9.68. The fourth-order valence-electron chi connectivity index (χ4n) is 3.37. The van der Waals surface area contributed by atoms with E-state index in [1.165, 1.54) is 45.2 Å². The van der Waals surface area contributed by atoms with Crippen molar-refractivity contribution in [3.8, 4) is 0 Å². The van der Waals surface area contributed by atoms with Crippen LogP contribution in [0.1, 0.15) is 32.1 Å². The SMILES string of the molecule is COCC[NH+]1CC[C@H](Cl)[C@H]2CCCC[C@@H]21. The predicted octanol–water partition coefficient (Wildman–Crippen LogP) is 1.09. The first kappa shape index (κ1) is 11.7. The van der Waals surface area contributed by atoms with Crippen molar-refractivity contribution >= 4 is 11.6 Å². The number of hydrogen-bond donors (Lipinski definition) is 1. The number of hydrogen-bond acceptors (Lipinski definition) is 1. The average Bonchev–Trinajstić information content (AvgIpc) is 2.29. The van der Waals surface area contributed by atoms with Crippen LogP contribution in [0.3, 0.4) is 0 Å². The van der Waals surface area contributed by atoms with Crippen LogP contribution >= 0.6 is 11.6 Å². The lowest BCUT2D eigenvalue weighted by Crippen LogP contribution is -3.18. The Morgan fingerprint density at radius 3 is 2.87 bits per heavy atom. The molecule has 0 aromatic heterocycles. The first-order valence-corrected chi connectivity index (χ1v) is 6.74. The van der Waals surface area contributed by atoms with Gasteiger partial charge in [-0.15, -0.1) is 11.6 Å². The number of halogens is 1. The molecule has 0 spiro atoms. The zero-order chi connectivity index (χ0) is 10.7. The normalized spacial score (nSPS) is 41.2. The summed E-state index contributed by atoms with van der Waals surface area (Å²) in [6, 6.07) is 0.824. The van der Waals surface area contributed by atoms with Crippen molar-refractivity contribution in [1.29, 1.82) is 0 Å². The van der Waals surface area contributed by atoms with Crippen LogP contribution in [0.15, 0.2) is 0 Å². The minimum atomic E-state index is 0.446. The highest BCUT2D eigenvalue weighted by Crippen LogP contribution is 2.31. The molecule has 0 amide bonds. The molecule has 2 aliphatic rings. The Morgan fingerprint density at radius 1 is 1.27 bits per heavy atom. The van der Waals surface area contributed by atoms with Gasteiger partial charge >= 0.3 is 0 Å². The van der Waals surface area contributed by atoms with E-state index in [2.05, 4.69) is 0 Å². The van der Waals surface area contributed by atoms with Gasteiger partial charge in [-0.2, -0.15) is 0 Å². The molecule has 1 heterocycles. The monoisotopic (exact) mass is 232 g/mol. The average molecular weight is 233 g/mol. The maximum absolute atomic E-state index is 6.44. The van der Waals surface area contributed by atoms with Gasteiger partial charge in [0.05, 0.1) is 19.2 Å². The van der Waals surface area contributed by atoms with Crippen LogP contribution in [0.2, 0.25) is 0 Å². The van der Waals surface area contributed by atoms with E-state index in [1.54, 1.807) is 12.0 Å². The Balaban J connectivity index is 1.94. The summed E-state index contributed by atoms with van der Waals surface area (Å²) in [7, 11) is 1.80. The Labute approximate surface area is 97.9 Å². The summed E-state index contributed by atoms with van der Waals surface area (Å²) in [5.74, 6) is 0.779. The number of likely N-dealkylation sites (tertiary alicyclic amines) is 1. The third-order valence-corrected chi connectivity index (χ3v) is 4.72. The van der Waals surface area contributed by atoms with Crippen LogP contribution in [-0.2, 0) is 4.74 Å². The van der Waals surface area contributed by atoms with Gasteiger partial charge in [-0.1, -0.05) is 6.42 Å². The predicted molar refractivity (Wildman–Crippen MR) is 62.6 cm³/mol. The zero-order valence-corrected chi connectivity index (χ0v) is 10.4. The topological polar surface area (TPSA) is 13.7 Å². The van der Waals surface area contributed by atoms with E-state index < -0.39 is 0 Å². The summed E-state index contributed by atoms with van der Waals surface area (Å²) in [5.41, 5.74) is 0. The van der Waals surface area contributed by atoms with Crippen molar-refractivity contribution in [3.05, 3.63) is 0 Å². The number of piperidine rings is 1. The molecule has 15 heavy (non-hydrogen) atoms. The van der Waals surface area contributed by atoms with E-state index in [0.717, 1.165) is 18.6 Å². The third-order valence-electron chi connectivity index (χ3n) is 4.18. The standard InChI is InChI=1S/C12H22ClNO/c1-15-9-8-14-7-6-11(13)10-4-2-3-5-12(10)14/h10-12H,2-9H2,1H3/p+1/t10-,11+,12+/m1/s1. The molecular weight excluding hydrogens is 210 g/mol. The molecule has 0 aromatic rings. The van der Waals surface area contributed by atoms with E-state index in [9.17, 15) is 0 Å². The smallest absolute Gasteiger partial charge is 0.101 e. The van der Waals surface area contributed by atoms with Crippen molar-refractivity contribution < 1.29 is 9.64 Å². The number of alkyl halides is 1. The lowest BCUT2D eigenvalue weighted by molar-refractivity contribution is -0.936. The van der Waals surface area contributed by atoms with Gasteiger partial charge in [0.15, 0.2) is 0 Å². The summed E-state index contributed by atoms with van der Waals surface area (Å²) in [6.07, 6.45) is 6.73. The summed E-state index contributed by atoms with van der Waals surface area (Å²) in [5, 5.41) is 0.446. The van der Waals surface area contributed by atoms with E-state index in [-0.39, 0.29) is 0 Å². The molecule has 2 fully saturated rings. The molecule has 1 aliphatic heterocycles. The van der Waals surface area contributed by atoms with Crippen molar-refractivity contribution in [1.82, 2.24) is 0 Å². The molecule has 2 nitrogen and oxygen atoms in total. The maximum atomic E-state index is 6.44. The van der Waals surface area contributed by atoms with Crippen molar-refractivity contribution in [3.63, 3.8) is 0 Å². The van der Waals surface area contributed by atoms with Crippen molar-refractivity contribution in [2.24, 2.45) is 5.92 Å². The van der Waals surface area contributed by atoms with E-state index in [1.807, 2.05) is 0 Å². The second-order valence-electron chi connectivity index (χ2n) is 5.01. The number of methoxy groups -OCH3 is 1. The van der Waals surface area contributed by atoms with E-state index in [4.69, 9.17) is 16.3 Å². The molecule has 0 aromatic carbocycles. The fourth-order valence-corrected chi connectivity index (χ4v) is 3.78. The molecule has 1 N–H and O–H groups in total. The first-order chi connectivity index (χ1) is 7.33. The highest BCUT2D eigenvalue weighted by molar-refractivity contribution is 6.20. The molecule has 1 aliphatic carbocycles. The summed E-state index contributed by atoms with van der Waals surface area (Å²) < 4.78 is 5.20. The first-order valence-electron chi connectivity index (χ1n) is 6.30. The van der Waals surface area contributed by atoms with Gasteiger partial charge in [0.2, 0.25) is 0 Å². The molecule has 88 valence electrons. The molecule has 3 heteroatoms. The highest BCUT2D eigenvalue weighted by Gasteiger charge is 2.41. The van der Waals surface area contributed by atoms with Gasteiger partial charge in [0.25, 0.3) is 0 Å². The minimum Gasteiger partial charge on any atom is -0.379 e. The van der Waals surface area contributed by atoms with Gasteiger partial charge in [0, 0.05) is 24.8 Å². The number of rotatable bonds is 3. The number of ether oxygens (including phenoxy) is 1. The fraction of sp³-hybridized carbons (Fsp3) is 1.00. The lowest BCUT2D eigenvalue weighted by atomic mass is 9.78. The van der Waals surface area contributed by atoms with Gasteiger partial charge in [-0.3, -0.25) is 0 Å². The quantitative estimate of drug-likeness (QED) is 0.720. The maximum Gasteiger partial charge on any atom is 0.101 e. The van der Waals surface area contributed by atoms with Crippen molar-refractivity contribution in [2.45, 2.75) is 43.5 Å². The summed E-state index contributed by atoms with van der Waals surface area (Å²) in [4.78, 5) is 1.75. The Bertz CT molecular complexity index is 198. The minimum absolute atomic E-state index is 0.446. The number of quaternary nitrogens is 1. The Hall–Kier alpha value is 0.210.